The monoisotopic (exact) mass is 297 g/mol. The van der Waals surface area contributed by atoms with E-state index in [-0.39, 0.29) is 0 Å². The molecule has 0 aromatic heterocycles. The molecule has 2 aliphatic rings. The highest BCUT2D eigenvalue weighted by Crippen LogP contribution is 2.21. The quantitative estimate of drug-likeness (QED) is 0.709. The maximum Gasteiger partial charge on any atom is 0.323 e. The van der Waals surface area contributed by atoms with Crippen molar-refractivity contribution < 1.29 is 9.90 Å². The van der Waals surface area contributed by atoms with Crippen molar-refractivity contribution in [3.05, 3.63) is 0 Å². The van der Waals surface area contributed by atoms with Crippen LogP contribution >= 0.6 is 0 Å². The van der Waals surface area contributed by atoms with Gasteiger partial charge in [0.25, 0.3) is 0 Å². The van der Waals surface area contributed by atoms with E-state index in [1.165, 1.54) is 32.4 Å². The van der Waals surface area contributed by atoms with Crippen LogP contribution in [0, 0.1) is 0 Å². The van der Waals surface area contributed by atoms with E-state index in [9.17, 15) is 9.90 Å². The zero-order valence-corrected chi connectivity index (χ0v) is 13.6. The lowest BCUT2D eigenvalue weighted by molar-refractivity contribution is -0.144. The molecule has 2 aliphatic heterocycles. The molecule has 0 saturated carbocycles. The average Bonchev–Trinajstić information content (AvgIpc) is 3.12. The fourth-order valence-electron chi connectivity index (χ4n) is 3.47. The smallest absolute Gasteiger partial charge is 0.323 e. The summed E-state index contributed by atoms with van der Waals surface area (Å²) in [5.41, 5.74) is -0.790. The van der Waals surface area contributed by atoms with Crippen LogP contribution in [0.2, 0.25) is 0 Å². The first-order valence-corrected chi connectivity index (χ1v) is 8.50. The highest BCUT2D eigenvalue weighted by molar-refractivity contribution is 5.78. The second-order valence-electron chi connectivity index (χ2n) is 6.80. The van der Waals surface area contributed by atoms with Crippen molar-refractivity contribution in [3.63, 3.8) is 0 Å². The van der Waals surface area contributed by atoms with E-state index >= 15 is 0 Å². The second-order valence-corrected chi connectivity index (χ2v) is 6.80. The van der Waals surface area contributed by atoms with Crippen LogP contribution in [0.15, 0.2) is 0 Å². The largest absolute Gasteiger partial charge is 0.480 e. The highest BCUT2D eigenvalue weighted by atomic mass is 16.4. The lowest BCUT2D eigenvalue weighted by Gasteiger charge is -2.29. The molecule has 0 aromatic carbocycles. The molecule has 2 saturated heterocycles. The van der Waals surface area contributed by atoms with Crippen LogP contribution < -0.4 is 5.32 Å². The van der Waals surface area contributed by atoms with E-state index in [0.29, 0.717) is 12.5 Å². The predicted molar refractivity (Wildman–Crippen MR) is 84.6 cm³/mol. The molecule has 2 unspecified atom stereocenters. The summed E-state index contributed by atoms with van der Waals surface area (Å²) in [6.07, 6.45) is 5.56. The van der Waals surface area contributed by atoms with E-state index in [1.807, 2.05) is 6.92 Å². The summed E-state index contributed by atoms with van der Waals surface area (Å²) in [4.78, 5) is 16.6. The van der Waals surface area contributed by atoms with E-state index in [4.69, 9.17) is 0 Å². The zero-order chi connectivity index (χ0) is 15.3. The van der Waals surface area contributed by atoms with Gasteiger partial charge in [-0.3, -0.25) is 9.69 Å². The van der Waals surface area contributed by atoms with Gasteiger partial charge in [-0.2, -0.15) is 0 Å². The molecular formula is C16H31N3O2. The van der Waals surface area contributed by atoms with Crippen LogP contribution in [-0.2, 0) is 4.79 Å². The van der Waals surface area contributed by atoms with Gasteiger partial charge in [0.2, 0.25) is 0 Å². The van der Waals surface area contributed by atoms with Gasteiger partial charge in [-0.1, -0.05) is 6.92 Å². The fourth-order valence-corrected chi connectivity index (χ4v) is 3.47. The number of carboxylic acid groups (broad SMARTS) is 1. The van der Waals surface area contributed by atoms with Crippen molar-refractivity contribution in [1.29, 1.82) is 0 Å². The van der Waals surface area contributed by atoms with Crippen molar-refractivity contribution in [2.45, 2.75) is 57.5 Å². The molecule has 2 fully saturated rings. The predicted octanol–water partition coefficient (Wildman–Crippen LogP) is 1.39. The number of hydrogen-bond acceptors (Lipinski definition) is 4. The van der Waals surface area contributed by atoms with Crippen LogP contribution in [0.5, 0.6) is 0 Å². The Morgan fingerprint density at radius 1 is 1.33 bits per heavy atom. The molecule has 2 atom stereocenters. The molecule has 2 rings (SSSR count). The third-order valence-corrected chi connectivity index (χ3v) is 5.07. The zero-order valence-electron chi connectivity index (χ0n) is 13.6. The van der Waals surface area contributed by atoms with Gasteiger partial charge in [0.05, 0.1) is 0 Å². The lowest BCUT2D eigenvalue weighted by Crippen LogP contribution is -2.51. The summed E-state index contributed by atoms with van der Waals surface area (Å²) in [5.74, 6) is -0.730. The van der Waals surface area contributed by atoms with Gasteiger partial charge in [-0.25, -0.2) is 0 Å². The molecule has 5 nitrogen and oxygen atoms in total. The standard InChI is InChI=1S/C16H31N3O2/c1-3-8-17-16(2,15(20)21)7-12-18-11-6-14(13-18)19-9-4-5-10-19/h14,17H,3-13H2,1-2H3,(H,20,21). The molecule has 0 aromatic rings. The van der Waals surface area contributed by atoms with Gasteiger partial charge in [0, 0.05) is 19.1 Å². The van der Waals surface area contributed by atoms with Gasteiger partial charge >= 0.3 is 5.97 Å². The maximum atomic E-state index is 11.5. The number of aliphatic carboxylic acids is 1. The molecule has 0 aliphatic carbocycles. The number of nitrogens with one attached hydrogen (secondary N) is 1. The third kappa shape index (κ3) is 4.41. The molecule has 0 radical (unpaired) electrons. The van der Waals surface area contributed by atoms with Crippen LogP contribution in [0.3, 0.4) is 0 Å². The summed E-state index contributed by atoms with van der Waals surface area (Å²) >= 11 is 0. The SMILES string of the molecule is CCCNC(C)(CCN1CCC(N2CCCC2)C1)C(=O)O. The average molecular weight is 297 g/mol. The number of carboxylic acids is 1. The van der Waals surface area contributed by atoms with Gasteiger partial charge in [-0.05, 0) is 65.2 Å². The van der Waals surface area contributed by atoms with Crippen LogP contribution in [0.25, 0.3) is 0 Å². The normalized spacial score (nSPS) is 27.0. The first kappa shape index (κ1) is 16.7. The Morgan fingerprint density at radius 3 is 2.67 bits per heavy atom. The van der Waals surface area contributed by atoms with E-state index < -0.39 is 11.5 Å². The molecule has 0 amide bonds. The number of carbonyl (C=O) groups is 1. The van der Waals surface area contributed by atoms with Crippen LogP contribution in [-0.4, -0.2) is 71.7 Å². The number of nitrogens with zero attached hydrogens (tertiary/aromatic N) is 2. The van der Waals surface area contributed by atoms with E-state index in [0.717, 1.165) is 32.6 Å². The first-order valence-electron chi connectivity index (χ1n) is 8.50. The number of hydrogen-bond donors (Lipinski definition) is 2. The molecular weight excluding hydrogens is 266 g/mol. The van der Waals surface area contributed by atoms with Crippen molar-refractivity contribution in [3.8, 4) is 0 Å². The highest BCUT2D eigenvalue weighted by Gasteiger charge is 2.34. The summed E-state index contributed by atoms with van der Waals surface area (Å²) in [5, 5.41) is 12.7. The van der Waals surface area contributed by atoms with Crippen LogP contribution in [0.1, 0.15) is 46.0 Å². The van der Waals surface area contributed by atoms with Gasteiger partial charge in [-0.15, -0.1) is 0 Å². The maximum absolute atomic E-state index is 11.5. The molecule has 0 spiro atoms. The van der Waals surface area contributed by atoms with Gasteiger partial charge in [0.1, 0.15) is 5.54 Å². The van der Waals surface area contributed by atoms with Gasteiger partial charge < -0.3 is 15.3 Å². The minimum atomic E-state index is -0.790. The number of rotatable bonds is 8. The van der Waals surface area contributed by atoms with Crippen molar-refractivity contribution in [2.24, 2.45) is 0 Å². The summed E-state index contributed by atoms with van der Waals surface area (Å²) in [6.45, 7) is 10.3. The Morgan fingerprint density at radius 2 is 2.05 bits per heavy atom. The summed E-state index contributed by atoms with van der Waals surface area (Å²) in [6, 6.07) is 0.701. The fraction of sp³-hybridized carbons (Fsp3) is 0.938. The Bertz CT molecular complexity index is 344. The molecule has 0 bridgehead atoms. The molecule has 122 valence electrons. The molecule has 5 heteroatoms. The lowest BCUT2D eigenvalue weighted by atomic mass is 9.97. The van der Waals surface area contributed by atoms with Gasteiger partial charge in [0.15, 0.2) is 0 Å². The van der Waals surface area contributed by atoms with Crippen molar-refractivity contribution in [2.75, 3.05) is 39.3 Å². The second kappa shape index (κ2) is 7.56. The molecule has 2 N–H and O–H groups in total. The number of likely N-dealkylation sites (tertiary alicyclic amines) is 2. The van der Waals surface area contributed by atoms with Crippen LogP contribution in [0.4, 0.5) is 0 Å². The first-order chi connectivity index (χ1) is 10.0. The van der Waals surface area contributed by atoms with Crippen molar-refractivity contribution >= 4 is 5.97 Å². The minimum Gasteiger partial charge on any atom is -0.480 e. The summed E-state index contributed by atoms with van der Waals surface area (Å²) < 4.78 is 0. The Labute approximate surface area is 128 Å². The topological polar surface area (TPSA) is 55.8 Å². The van der Waals surface area contributed by atoms with E-state index in [1.54, 1.807) is 0 Å². The third-order valence-electron chi connectivity index (χ3n) is 5.07. The van der Waals surface area contributed by atoms with Crippen molar-refractivity contribution in [1.82, 2.24) is 15.1 Å². The summed E-state index contributed by atoms with van der Waals surface area (Å²) in [7, 11) is 0. The molecule has 21 heavy (non-hydrogen) atoms. The molecule has 2 heterocycles. The Hall–Kier alpha value is -0.650. The Balaban J connectivity index is 1.77. The van der Waals surface area contributed by atoms with E-state index in [2.05, 4.69) is 22.0 Å². The minimum absolute atomic E-state index is 0.676. The Kier molecular flexibility index (Phi) is 6.02.